The van der Waals surface area contributed by atoms with Crippen molar-refractivity contribution in [3.05, 3.63) is 27.4 Å². The van der Waals surface area contributed by atoms with E-state index < -0.39 is 11.5 Å². The zero-order chi connectivity index (χ0) is 11.2. The van der Waals surface area contributed by atoms with Crippen molar-refractivity contribution in [1.29, 1.82) is 0 Å². The zero-order valence-corrected chi connectivity index (χ0v) is 8.11. The first-order valence-electron chi connectivity index (χ1n) is 4.20. The molecule has 0 spiro atoms. The number of aromatic amines is 1. The first-order chi connectivity index (χ1) is 7.00. The molecule has 2 rings (SSSR count). The summed E-state index contributed by atoms with van der Waals surface area (Å²) in [5.41, 5.74) is -0.374. The minimum atomic E-state index is -1.18. The fraction of sp³-hybridized carbons (Fsp3) is 0.250. The molecule has 2 aromatic rings. The molecule has 0 saturated carbocycles. The minimum Gasteiger partial charge on any atom is -0.478 e. The number of H-pyrrole nitrogens is 1. The number of fused-ring (bicyclic) bond motifs is 1. The highest BCUT2D eigenvalue weighted by molar-refractivity contribution is 5.96. The Morgan fingerprint density at radius 1 is 1.40 bits per heavy atom. The summed E-state index contributed by atoms with van der Waals surface area (Å²) in [6.07, 6.45) is 0. The van der Waals surface area contributed by atoms with E-state index in [0.29, 0.717) is 5.82 Å². The third kappa shape index (κ3) is 1.28. The number of carboxylic acid groups (broad SMARTS) is 1. The molecule has 7 nitrogen and oxygen atoms in total. The van der Waals surface area contributed by atoms with Gasteiger partial charge in [0.2, 0.25) is 0 Å². The van der Waals surface area contributed by atoms with E-state index in [1.165, 1.54) is 6.92 Å². The molecule has 78 valence electrons. The Bertz CT molecular complexity index is 610. The number of rotatable bonds is 1. The topological polar surface area (TPSA) is 100 Å². The van der Waals surface area contributed by atoms with Gasteiger partial charge in [0.25, 0.3) is 5.56 Å². The summed E-state index contributed by atoms with van der Waals surface area (Å²) in [6.45, 7) is 3.12. The van der Waals surface area contributed by atoms with Crippen LogP contribution in [0, 0.1) is 13.8 Å². The van der Waals surface area contributed by atoms with Crippen molar-refractivity contribution in [2.24, 2.45) is 0 Å². The molecule has 0 fully saturated rings. The molecule has 2 N–H and O–H groups in total. The van der Waals surface area contributed by atoms with E-state index in [1.807, 2.05) is 0 Å². The number of aromatic nitrogens is 4. The maximum absolute atomic E-state index is 11.5. The third-order valence-electron chi connectivity index (χ3n) is 2.01. The number of carboxylic acids is 1. The average Bonchev–Trinajstić information content (AvgIpc) is 2.40. The van der Waals surface area contributed by atoms with Crippen LogP contribution in [0.3, 0.4) is 0 Å². The van der Waals surface area contributed by atoms with Gasteiger partial charge in [-0.25, -0.2) is 4.79 Å². The average molecular weight is 208 g/mol. The molecular weight excluding hydrogens is 200 g/mol. The maximum atomic E-state index is 11.5. The van der Waals surface area contributed by atoms with E-state index in [1.54, 1.807) is 6.92 Å². The van der Waals surface area contributed by atoms with E-state index in [4.69, 9.17) is 5.11 Å². The van der Waals surface area contributed by atoms with Crippen LogP contribution < -0.4 is 5.56 Å². The van der Waals surface area contributed by atoms with Crippen molar-refractivity contribution in [2.75, 3.05) is 0 Å². The number of carbonyl (C=O) groups is 1. The SMILES string of the molecule is Cc1nn2nc(C)c(C(=O)O)c2c(=O)[nH]1. The number of nitrogens with one attached hydrogen (secondary N) is 1. The monoisotopic (exact) mass is 208 g/mol. The fourth-order valence-corrected chi connectivity index (χ4v) is 1.44. The molecule has 0 aliphatic rings. The minimum absolute atomic E-state index is 0.0365. The molecule has 0 atom stereocenters. The summed E-state index contributed by atoms with van der Waals surface area (Å²) in [7, 11) is 0. The van der Waals surface area contributed by atoms with Gasteiger partial charge >= 0.3 is 5.97 Å². The molecule has 2 heterocycles. The molecule has 0 saturated heterocycles. The normalized spacial score (nSPS) is 10.8. The molecule has 0 aliphatic heterocycles. The molecule has 0 aliphatic carbocycles. The molecule has 0 radical (unpaired) electrons. The molecular formula is C8H8N4O3. The summed E-state index contributed by atoms with van der Waals surface area (Å²) in [5.74, 6) is -0.800. The molecule has 0 aromatic carbocycles. The van der Waals surface area contributed by atoms with Crippen molar-refractivity contribution in [2.45, 2.75) is 13.8 Å². The Morgan fingerprint density at radius 2 is 2.07 bits per heavy atom. The Hall–Kier alpha value is -2.18. The molecule has 0 amide bonds. The number of hydrogen-bond acceptors (Lipinski definition) is 4. The van der Waals surface area contributed by atoms with Gasteiger partial charge in [0.1, 0.15) is 11.4 Å². The van der Waals surface area contributed by atoms with Crippen LogP contribution in [-0.2, 0) is 0 Å². The van der Waals surface area contributed by atoms with Crippen LogP contribution in [0.5, 0.6) is 0 Å². The van der Waals surface area contributed by atoms with Crippen molar-refractivity contribution in [1.82, 2.24) is 19.8 Å². The van der Waals surface area contributed by atoms with Crippen LogP contribution in [0.25, 0.3) is 5.52 Å². The largest absolute Gasteiger partial charge is 0.478 e. The second-order valence-corrected chi connectivity index (χ2v) is 3.14. The summed E-state index contributed by atoms with van der Waals surface area (Å²) in [5, 5.41) is 16.7. The second-order valence-electron chi connectivity index (χ2n) is 3.14. The first-order valence-corrected chi connectivity index (χ1v) is 4.20. The molecule has 0 bridgehead atoms. The summed E-state index contributed by atoms with van der Waals surface area (Å²) < 4.78 is 1.05. The van der Waals surface area contributed by atoms with E-state index >= 15 is 0 Å². The zero-order valence-electron chi connectivity index (χ0n) is 8.11. The lowest BCUT2D eigenvalue weighted by atomic mass is 10.2. The number of hydrogen-bond donors (Lipinski definition) is 2. The lowest BCUT2D eigenvalue weighted by Gasteiger charge is -1.94. The highest BCUT2D eigenvalue weighted by atomic mass is 16.4. The molecule has 2 aromatic heterocycles. The maximum Gasteiger partial charge on any atom is 0.340 e. The van der Waals surface area contributed by atoms with Gasteiger partial charge in [-0.3, -0.25) is 4.79 Å². The summed E-state index contributed by atoms with van der Waals surface area (Å²) in [6, 6.07) is 0. The standard InChI is InChI=1S/C8H8N4O3/c1-3-5(8(14)15)6-7(13)9-4(2)11-12(6)10-3/h1-2H3,(H,14,15)(H,9,11,13). The van der Waals surface area contributed by atoms with Gasteiger partial charge in [-0.2, -0.15) is 5.10 Å². The van der Waals surface area contributed by atoms with E-state index in [2.05, 4.69) is 15.2 Å². The van der Waals surface area contributed by atoms with Gasteiger partial charge in [0.05, 0.1) is 5.69 Å². The van der Waals surface area contributed by atoms with Crippen molar-refractivity contribution in [3.63, 3.8) is 0 Å². The van der Waals surface area contributed by atoms with Crippen LogP contribution in [0.4, 0.5) is 0 Å². The molecule has 0 unspecified atom stereocenters. The Labute approximate surface area is 83.4 Å². The van der Waals surface area contributed by atoms with Gasteiger partial charge in [0.15, 0.2) is 5.52 Å². The van der Waals surface area contributed by atoms with Gasteiger partial charge in [-0.05, 0) is 13.8 Å². The van der Waals surface area contributed by atoms with E-state index in [9.17, 15) is 9.59 Å². The highest BCUT2D eigenvalue weighted by Crippen LogP contribution is 2.09. The Morgan fingerprint density at radius 3 is 2.67 bits per heavy atom. The smallest absolute Gasteiger partial charge is 0.340 e. The number of aromatic carboxylic acids is 1. The van der Waals surface area contributed by atoms with Crippen LogP contribution >= 0.6 is 0 Å². The van der Waals surface area contributed by atoms with Crippen LogP contribution in [0.1, 0.15) is 21.9 Å². The summed E-state index contributed by atoms with van der Waals surface area (Å²) >= 11 is 0. The predicted molar refractivity (Wildman–Crippen MR) is 50.0 cm³/mol. The Kier molecular flexibility index (Phi) is 1.82. The van der Waals surface area contributed by atoms with Crippen molar-refractivity contribution in [3.8, 4) is 0 Å². The molecule has 15 heavy (non-hydrogen) atoms. The quantitative estimate of drug-likeness (QED) is 0.672. The first kappa shape index (κ1) is 9.38. The highest BCUT2D eigenvalue weighted by Gasteiger charge is 2.19. The third-order valence-corrected chi connectivity index (χ3v) is 2.01. The van der Waals surface area contributed by atoms with Crippen LogP contribution in [0.2, 0.25) is 0 Å². The lowest BCUT2D eigenvalue weighted by molar-refractivity contribution is 0.0698. The van der Waals surface area contributed by atoms with E-state index in [0.717, 1.165) is 4.63 Å². The van der Waals surface area contributed by atoms with Crippen molar-refractivity contribution < 1.29 is 9.90 Å². The Balaban J connectivity index is 3.00. The number of aryl methyl sites for hydroxylation is 2. The number of nitrogens with zero attached hydrogens (tertiary/aromatic N) is 3. The predicted octanol–water partition coefficient (Wildman–Crippen LogP) is -0.267. The van der Waals surface area contributed by atoms with Gasteiger partial charge in [0, 0.05) is 0 Å². The lowest BCUT2D eigenvalue weighted by Crippen LogP contribution is -2.16. The summed E-state index contributed by atoms with van der Waals surface area (Å²) in [4.78, 5) is 24.8. The van der Waals surface area contributed by atoms with Crippen LogP contribution in [-0.4, -0.2) is 30.9 Å². The van der Waals surface area contributed by atoms with Gasteiger partial charge in [-0.1, -0.05) is 0 Å². The van der Waals surface area contributed by atoms with Gasteiger partial charge < -0.3 is 10.1 Å². The second kappa shape index (κ2) is 2.91. The van der Waals surface area contributed by atoms with Crippen molar-refractivity contribution >= 4 is 11.5 Å². The van der Waals surface area contributed by atoms with Crippen LogP contribution in [0.15, 0.2) is 4.79 Å². The van der Waals surface area contributed by atoms with Gasteiger partial charge in [-0.15, -0.1) is 9.73 Å². The fourth-order valence-electron chi connectivity index (χ4n) is 1.44. The molecule has 7 heteroatoms. The van der Waals surface area contributed by atoms with E-state index in [-0.39, 0.29) is 16.8 Å².